The van der Waals surface area contributed by atoms with Crippen LogP contribution in [0.4, 0.5) is 0 Å². The molecule has 1 aromatic heterocycles. The molecule has 2 aromatic rings. The molecule has 1 saturated heterocycles. The highest BCUT2D eigenvalue weighted by molar-refractivity contribution is 6.31. The van der Waals surface area contributed by atoms with Gasteiger partial charge in [-0.05, 0) is 25.1 Å². The number of imidazole rings is 1. The lowest BCUT2D eigenvalue weighted by molar-refractivity contribution is -0.00576. The molecule has 0 spiro atoms. The van der Waals surface area contributed by atoms with E-state index in [9.17, 15) is 0 Å². The van der Waals surface area contributed by atoms with Crippen LogP contribution in [0.5, 0.6) is 0 Å². The molecule has 0 aliphatic carbocycles. The number of aromatic nitrogens is 2. The Morgan fingerprint density at radius 3 is 3.11 bits per heavy atom. The summed E-state index contributed by atoms with van der Waals surface area (Å²) in [5.74, 6) is 1.08. The van der Waals surface area contributed by atoms with Gasteiger partial charge < -0.3 is 9.30 Å². The number of ether oxygens (including phenoxy) is 1. The Kier molecular flexibility index (Phi) is 3.48. The standard InChI is InChI=1S/C14H18ClN3O/c1-10-9-19-6-5-18(10)8-14-16-12-7-11(15)3-4-13(12)17(14)2/h3-4,7,10H,5-6,8-9H2,1-2H3/t10-/m1/s1. The van der Waals surface area contributed by atoms with Crippen molar-refractivity contribution in [3.05, 3.63) is 29.0 Å². The van der Waals surface area contributed by atoms with Gasteiger partial charge in [0.2, 0.25) is 0 Å². The molecule has 0 amide bonds. The van der Waals surface area contributed by atoms with Crippen LogP contribution in [-0.4, -0.2) is 40.3 Å². The van der Waals surface area contributed by atoms with Crippen molar-refractivity contribution < 1.29 is 4.74 Å². The maximum absolute atomic E-state index is 6.02. The number of halogens is 1. The Bertz CT molecular complexity index is 596. The van der Waals surface area contributed by atoms with Crippen molar-refractivity contribution in [1.82, 2.24) is 14.5 Å². The highest BCUT2D eigenvalue weighted by Gasteiger charge is 2.21. The summed E-state index contributed by atoms with van der Waals surface area (Å²) in [5, 5.41) is 0.733. The molecule has 102 valence electrons. The minimum atomic E-state index is 0.442. The number of rotatable bonds is 2. The third-order valence-corrected chi connectivity index (χ3v) is 4.02. The number of morpholine rings is 1. The molecule has 5 heteroatoms. The van der Waals surface area contributed by atoms with E-state index >= 15 is 0 Å². The fraction of sp³-hybridized carbons (Fsp3) is 0.500. The Morgan fingerprint density at radius 1 is 1.47 bits per heavy atom. The SMILES string of the molecule is C[C@@H]1COCCN1Cc1nc2cc(Cl)ccc2n1C. The van der Waals surface area contributed by atoms with Gasteiger partial charge in [-0.25, -0.2) is 4.98 Å². The van der Waals surface area contributed by atoms with Crippen LogP contribution < -0.4 is 0 Å². The van der Waals surface area contributed by atoms with Crippen LogP contribution in [0, 0.1) is 0 Å². The topological polar surface area (TPSA) is 30.3 Å². The molecule has 4 nitrogen and oxygen atoms in total. The Hall–Kier alpha value is -1.10. The second-order valence-corrected chi connectivity index (χ2v) is 5.55. The van der Waals surface area contributed by atoms with E-state index in [1.54, 1.807) is 0 Å². The first-order valence-electron chi connectivity index (χ1n) is 6.58. The van der Waals surface area contributed by atoms with Crippen LogP contribution >= 0.6 is 11.6 Å². The van der Waals surface area contributed by atoms with Crippen molar-refractivity contribution in [2.24, 2.45) is 7.05 Å². The molecule has 1 aliphatic rings. The summed E-state index contributed by atoms with van der Waals surface area (Å²) >= 11 is 6.02. The minimum absolute atomic E-state index is 0.442. The van der Waals surface area contributed by atoms with Gasteiger partial charge in [0.1, 0.15) is 5.82 Å². The van der Waals surface area contributed by atoms with Crippen LogP contribution in [0.1, 0.15) is 12.7 Å². The highest BCUT2D eigenvalue weighted by Crippen LogP contribution is 2.21. The van der Waals surface area contributed by atoms with E-state index in [0.29, 0.717) is 6.04 Å². The average molecular weight is 280 g/mol. The predicted octanol–water partition coefficient (Wildman–Crippen LogP) is 2.45. The van der Waals surface area contributed by atoms with Crippen molar-refractivity contribution >= 4 is 22.6 Å². The second-order valence-electron chi connectivity index (χ2n) is 5.11. The lowest BCUT2D eigenvalue weighted by Gasteiger charge is -2.32. The number of fused-ring (bicyclic) bond motifs is 1. The fourth-order valence-corrected chi connectivity index (χ4v) is 2.71. The van der Waals surface area contributed by atoms with E-state index in [0.717, 1.165) is 48.2 Å². The number of benzene rings is 1. The monoisotopic (exact) mass is 279 g/mol. The maximum Gasteiger partial charge on any atom is 0.123 e. The number of hydrogen-bond acceptors (Lipinski definition) is 3. The van der Waals surface area contributed by atoms with Crippen LogP contribution in [0.3, 0.4) is 0 Å². The molecule has 0 radical (unpaired) electrons. The van der Waals surface area contributed by atoms with Gasteiger partial charge in [-0.1, -0.05) is 11.6 Å². The van der Waals surface area contributed by atoms with Crippen LogP contribution in [0.25, 0.3) is 11.0 Å². The number of nitrogens with zero attached hydrogens (tertiary/aromatic N) is 3. The number of hydrogen-bond donors (Lipinski definition) is 0. The summed E-state index contributed by atoms with van der Waals surface area (Å²) in [7, 11) is 2.06. The summed E-state index contributed by atoms with van der Waals surface area (Å²) in [6.07, 6.45) is 0. The quantitative estimate of drug-likeness (QED) is 0.846. The molecule has 19 heavy (non-hydrogen) atoms. The summed E-state index contributed by atoms with van der Waals surface area (Å²) < 4.78 is 7.61. The van der Waals surface area contributed by atoms with E-state index in [2.05, 4.69) is 23.4 Å². The molecular formula is C14H18ClN3O. The summed E-state index contributed by atoms with van der Waals surface area (Å²) in [5.41, 5.74) is 2.09. The molecular weight excluding hydrogens is 262 g/mol. The van der Waals surface area contributed by atoms with Crippen molar-refractivity contribution in [1.29, 1.82) is 0 Å². The Morgan fingerprint density at radius 2 is 2.32 bits per heavy atom. The van der Waals surface area contributed by atoms with Gasteiger partial charge in [0, 0.05) is 24.7 Å². The van der Waals surface area contributed by atoms with Gasteiger partial charge in [0.05, 0.1) is 30.8 Å². The molecule has 2 heterocycles. The smallest absolute Gasteiger partial charge is 0.123 e. The van der Waals surface area contributed by atoms with Crippen molar-refractivity contribution in [3.63, 3.8) is 0 Å². The molecule has 0 unspecified atom stereocenters. The maximum atomic E-state index is 6.02. The van der Waals surface area contributed by atoms with Gasteiger partial charge in [-0.2, -0.15) is 0 Å². The zero-order valence-electron chi connectivity index (χ0n) is 11.3. The van der Waals surface area contributed by atoms with Crippen molar-refractivity contribution in [2.75, 3.05) is 19.8 Å². The lowest BCUT2D eigenvalue weighted by Crippen LogP contribution is -2.43. The van der Waals surface area contributed by atoms with Gasteiger partial charge in [-0.15, -0.1) is 0 Å². The molecule has 3 rings (SSSR count). The zero-order valence-corrected chi connectivity index (χ0v) is 12.0. The summed E-state index contributed by atoms with van der Waals surface area (Å²) in [4.78, 5) is 7.11. The second kappa shape index (κ2) is 5.12. The minimum Gasteiger partial charge on any atom is -0.379 e. The first-order chi connectivity index (χ1) is 9.15. The predicted molar refractivity (Wildman–Crippen MR) is 76.4 cm³/mol. The molecule has 0 saturated carbocycles. The van der Waals surface area contributed by atoms with Crippen LogP contribution in [0.15, 0.2) is 18.2 Å². The van der Waals surface area contributed by atoms with Gasteiger partial charge in [0.25, 0.3) is 0 Å². The van der Waals surface area contributed by atoms with Gasteiger partial charge in [0.15, 0.2) is 0 Å². The van der Waals surface area contributed by atoms with E-state index in [1.165, 1.54) is 0 Å². The van der Waals surface area contributed by atoms with Crippen LogP contribution in [-0.2, 0) is 18.3 Å². The molecule has 1 atom stereocenters. The molecule has 1 aliphatic heterocycles. The van der Waals surface area contributed by atoms with E-state index in [-0.39, 0.29) is 0 Å². The molecule has 1 aromatic carbocycles. The first-order valence-corrected chi connectivity index (χ1v) is 6.95. The third kappa shape index (κ3) is 2.48. The Labute approximate surface area is 117 Å². The molecule has 1 fully saturated rings. The van der Waals surface area contributed by atoms with Gasteiger partial charge in [-0.3, -0.25) is 4.90 Å². The van der Waals surface area contributed by atoms with Gasteiger partial charge >= 0.3 is 0 Å². The molecule has 0 N–H and O–H groups in total. The van der Waals surface area contributed by atoms with E-state index in [4.69, 9.17) is 21.3 Å². The van der Waals surface area contributed by atoms with Crippen LogP contribution in [0.2, 0.25) is 5.02 Å². The highest BCUT2D eigenvalue weighted by atomic mass is 35.5. The average Bonchev–Trinajstić information content (AvgIpc) is 2.68. The zero-order chi connectivity index (χ0) is 13.4. The normalized spacial score (nSPS) is 21.1. The van der Waals surface area contributed by atoms with E-state index < -0.39 is 0 Å². The molecule has 0 bridgehead atoms. The fourth-order valence-electron chi connectivity index (χ4n) is 2.54. The summed E-state index contributed by atoms with van der Waals surface area (Å²) in [6.45, 7) is 5.62. The largest absolute Gasteiger partial charge is 0.379 e. The lowest BCUT2D eigenvalue weighted by atomic mass is 10.2. The summed E-state index contributed by atoms with van der Waals surface area (Å²) in [6, 6.07) is 6.30. The van der Waals surface area contributed by atoms with Crippen molar-refractivity contribution in [2.45, 2.75) is 19.5 Å². The number of aryl methyl sites for hydroxylation is 1. The third-order valence-electron chi connectivity index (χ3n) is 3.79. The Balaban J connectivity index is 1.90. The first kappa shape index (κ1) is 12.9. The van der Waals surface area contributed by atoms with Crippen molar-refractivity contribution in [3.8, 4) is 0 Å². The van der Waals surface area contributed by atoms with E-state index in [1.807, 2.05) is 18.2 Å².